The number of benzene rings is 1. The van der Waals surface area contributed by atoms with Crippen LogP contribution in [0.15, 0.2) is 18.2 Å². The van der Waals surface area contributed by atoms with Crippen LogP contribution in [-0.2, 0) is 4.74 Å². The van der Waals surface area contributed by atoms with Crippen LogP contribution in [0.3, 0.4) is 0 Å². The van der Waals surface area contributed by atoms with Crippen LogP contribution in [0.25, 0.3) is 0 Å². The van der Waals surface area contributed by atoms with Gasteiger partial charge in [-0.3, -0.25) is 4.79 Å². The van der Waals surface area contributed by atoms with Gasteiger partial charge < -0.3 is 20.3 Å². The third-order valence-corrected chi connectivity index (χ3v) is 4.36. The lowest BCUT2D eigenvalue weighted by Crippen LogP contribution is -2.49. The maximum atomic E-state index is 12.5. The average molecular weight is 331 g/mol. The molecule has 2 fully saturated rings. The van der Waals surface area contributed by atoms with Crippen molar-refractivity contribution in [1.82, 2.24) is 10.2 Å². The Morgan fingerprint density at radius 2 is 1.83 bits per heavy atom. The minimum absolute atomic E-state index is 0.0243. The van der Waals surface area contributed by atoms with Crippen molar-refractivity contribution in [2.45, 2.75) is 51.9 Å². The number of nitrogens with zero attached hydrogens (tertiary/aromatic N) is 1. The van der Waals surface area contributed by atoms with Crippen LogP contribution in [0.4, 0.5) is 10.5 Å². The van der Waals surface area contributed by atoms with Crippen LogP contribution in [0.2, 0.25) is 0 Å². The van der Waals surface area contributed by atoms with Crippen LogP contribution in [0.1, 0.15) is 42.6 Å². The lowest BCUT2D eigenvalue weighted by Gasteiger charge is -2.35. The monoisotopic (exact) mass is 331 g/mol. The number of carbonyl (C=O) groups excluding carboxylic acids is 2. The second-order valence-electron chi connectivity index (χ2n) is 6.87. The maximum absolute atomic E-state index is 12.5. The van der Waals surface area contributed by atoms with Crippen molar-refractivity contribution in [3.8, 4) is 0 Å². The Hall–Kier alpha value is -2.08. The van der Waals surface area contributed by atoms with E-state index >= 15 is 0 Å². The molecule has 1 aliphatic heterocycles. The summed E-state index contributed by atoms with van der Waals surface area (Å²) in [7, 11) is 0. The molecule has 0 bridgehead atoms. The Morgan fingerprint density at radius 3 is 2.46 bits per heavy atom. The molecule has 0 radical (unpaired) electrons. The highest BCUT2D eigenvalue weighted by Crippen LogP contribution is 2.22. The van der Waals surface area contributed by atoms with Crippen molar-refractivity contribution in [2.24, 2.45) is 0 Å². The molecule has 2 N–H and O–H groups in total. The second kappa shape index (κ2) is 6.81. The number of rotatable bonds is 3. The number of amides is 3. The number of anilines is 1. The highest BCUT2D eigenvalue weighted by atomic mass is 16.5. The molecule has 1 saturated carbocycles. The fourth-order valence-corrected chi connectivity index (χ4v) is 2.93. The van der Waals surface area contributed by atoms with Gasteiger partial charge in [-0.05, 0) is 51.3 Å². The first kappa shape index (κ1) is 16.8. The summed E-state index contributed by atoms with van der Waals surface area (Å²) >= 11 is 0. The van der Waals surface area contributed by atoms with Crippen molar-refractivity contribution < 1.29 is 14.3 Å². The van der Waals surface area contributed by atoms with Crippen molar-refractivity contribution in [1.29, 1.82) is 0 Å². The van der Waals surface area contributed by atoms with Crippen molar-refractivity contribution in [3.05, 3.63) is 29.3 Å². The van der Waals surface area contributed by atoms with Crippen LogP contribution >= 0.6 is 0 Å². The Balaban J connectivity index is 1.69. The molecule has 2 atom stereocenters. The smallest absolute Gasteiger partial charge is 0.322 e. The number of aryl methyl sites for hydroxylation is 1. The zero-order valence-electron chi connectivity index (χ0n) is 14.5. The van der Waals surface area contributed by atoms with Gasteiger partial charge in [0, 0.05) is 30.4 Å². The third-order valence-electron chi connectivity index (χ3n) is 4.36. The number of carbonyl (C=O) groups is 2. The Morgan fingerprint density at radius 1 is 1.17 bits per heavy atom. The van der Waals surface area contributed by atoms with Gasteiger partial charge in [-0.25, -0.2) is 4.79 Å². The van der Waals surface area contributed by atoms with E-state index < -0.39 is 0 Å². The van der Waals surface area contributed by atoms with Crippen LogP contribution < -0.4 is 10.6 Å². The molecule has 0 spiro atoms. The number of nitrogens with one attached hydrogen (secondary N) is 2. The maximum Gasteiger partial charge on any atom is 0.322 e. The van der Waals surface area contributed by atoms with Crippen molar-refractivity contribution >= 4 is 17.6 Å². The normalized spacial score (nSPS) is 23.7. The minimum Gasteiger partial charge on any atom is -0.372 e. The molecule has 0 unspecified atom stereocenters. The Bertz CT molecular complexity index is 632. The van der Waals surface area contributed by atoms with Gasteiger partial charge in [-0.1, -0.05) is 6.07 Å². The van der Waals surface area contributed by atoms with E-state index in [1.54, 1.807) is 17.0 Å². The SMILES string of the molecule is Cc1ccc(C(=O)NC2CC2)cc1NC(=O)N1C[C@H](C)O[C@@H](C)C1. The lowest BCUT2D eigenvalue weighted by molar-refractivity contribution is -0.0530. The first-order valence-electron chi connectivity index (χ1n) is 8.55. The van der Waals surface area contributed by atoms with E-state index in [1.165, 1.54) is 0 Å². The molecule has 1 heterocycles. The first-order chi connectivity index (χ1) is 11.4. The van der Waals surface area contributed by atoms with Crippen LogP contribution in [-0.4, -0.2) is 48.2 Å². The van der Waals surface area contributed by atoms with Gasteiger partial charge in [-0.15, -0.1) is 0 Å². The van der Waals surface area contributed by atoms with E-state index in [9.17, 15) is 9.59 Å². The predicted molar refractivity (Wildman–Crippen MR) is 92.3 cm³/mol. The molecule has 24 heavy (non-hydrogen) atoms. The molecule has 3 amide bonds. The second-order valence-corrected chi connectivity index (χ2v) is 6.87. The first-order valence-corrected chi connectivity index (χ1v) is 8.55. The number of hydrogen-bond acceptors (Lipinski definition) is 3. The zero-order valence-corrected chi connectivity index (χ0v) is 14.5. The summed E-state index contributed by atoms with van der Waals surface area (Å²) in [4.78, 5) is 26.5. The largest absolute Gasteiger partial charge is 0.372 e. The highest BCUT2D eigenvalue weighted by molar-refractivity contribution is 5.97. The van der Waals surface area contributed by atoms with Crippen molar-refractivity contribution in [2.75, 3.05) is 18.4 Å². The lowest BCUT2D eigenvalue weighted by atomic mass is 10.1. The van der Waals surface area contributed by atoms with E-state index in [1.807, 2.05) is 26.8 Å². The van der Waals surface area contributed by atoms with Gasteiger partial charge in [0.2, 0.25) is 0 Å². The van der Waals surface area contributed by atoms with E-state index in [4.69, 9.17) is 4.74 Å². The molecule has 0 aromatic heterocycles. The van der Waals surface area contributed by atoms with E-state index in [-0.39, 0.29) is 24.1 Å². The van der Waals surface area contributed by atoms with Crippen molar-refractivity contribution in [3.63, 3.8) is 0 Å². The number of hydrogen-bond donors (Lipinski definition) is 2. The summed E-state index contributed by atoms with van der Waals surface area (Å²) < 4.78 is 5.66. The quantitative estimate of drug-likeness (QED) is 0.894. The van der Waals surface area contributed by atoms with Gasteiger partial charge in [0.1, 0.15) is 0 Å². The summed E-state index contributed by atoms with van der Waals surface area (Å²) in [6.45, 7) is 6.98. The fraction of sp³-hybridized carbons (Fsp3) is 0.556. The Kier molecular flexibility index (Phi) is 4.76. The standard InChI is InChI=1S/C18H25N3O3/c1-11-4-5-14(17(22)19-15-6-7-15)8-16(11)20-18(23)21-9-12(2)24-13(3)10-21/h4-5,8,12-13,15H,6-7,9-10H2,1-3H3,(H,19,22)(H,20,23)/t12-,13-/m0/s1. The molecule has 2 aliphatic rings. The number of ether oxygens (including phenoxy) is 1. The summed E-state index contributed by atoms with van der Waals surface area (Å²) in [6.07, 6.45) is 2.15. The zero-order chi connectivity index (χ0) is 17.3. The molecule has 1 aliphatic carbocycles. The topological polar surface area (TPSA) is 70.7 Å². The minimum atomic E-state index is -0.153. The van der Waals surface area contributed by atoms with Crippen LogP contribution in [0.5, 0.6) is 0 Å². The van der Waals surface area contributed by atoms with Gasteiger partial charge in [-0.2, -0.15) is 0 Å². The molecule has 6 nitrogen and oxygen atoms in total. The highest BCUT2D eigenvalue weighted by Gasteiger charge is 2.27. The Labute approximate surface area is 142 Å². The predicted octanol–water partition coefficient (Wildman–Crippen LogP) is 2.53. The number of morpholine rings is 1. The van der Waals surface area contributed by atoms with Gasteiger partial charge >= 0.3 is 6.03 Å². The summed E-state index contributed by atoms with van der Waals surface area (Å²) in [6, 6.07) is 5.56. The summed E-state index contributed by atoms with van der Waals surface area (Å²) in [5.41, 5.74) is 2.18. The van der Waals surface area contributed by atoms with Crippen LogP contribution in [0, 0.1) is 6.92 Å². The molecular formula is C18H25N3O3. The summed E-state index contributed by atoms with van der Waals surface area (Å²) in [5.74, 6) is -0.0818. The average Bonchev–Trinajstić information content (AvgIpc) is 3.32. The van der Waals surface area contributed by atoms with Gasteiger partial charge in [0.15, 0.2) is 0 Å². The fourth-order valence-electron chi connectivity index (χ4n) is 2.93. The van der Waals surface area contributed by atoms with E-state index in [0.717, 1.165) is 18.4 Å². The molecule has 130 valence electrons. The molecule has 6 heteroatoms. The molecule has 1 aromatic rings. The van der Waals surface area contributed by atoms with E-state index in [2.05, 4.69) is 10.6 Å². The molecular weight excluding hydrogens is 306 g/mol. The molecule has 1 aromatic carbocycles. The number of urea groups is 1. The van der Waals surface area contributed by atoms with Gasteiger partial charge in [0.25, 0.3) is 5.91 Å². The third kappa shape index (κ3) is 4.06. The molecule has 1 saturated heterocycles. The molecule has 3 rings (SSSR count). The van der Waals surface area contributed by atoms with E-state index in [0.29, 0.717) is 30.4 Å². The van der Waals surface area contributed by atoms with Gasteiger partial charge in [0.05, 0.1) is 12.2 Å². The summed E-state index contributed by atoms with van der Waals surface area (Å²) in [5, 5.41) is 5.90.